The van der Waals surface area contributed by atoms with E-state index in [0.29, 0.717) is 19.5 Å². The molecule has 1 aliphatic rings. The molecule has 134 valence electrons. The summed E-state index contributed by atoms with van der Waals surface area (Å²) in [5.74, 6) is 0.0122. The van der Waals surface area contributed by atoms with Crippen molar-refractivity contribution < 1.29 is 13.2 Å². The average Bonchev–Trinajstić information content (AvgIpc) is 3.18. The Bertz CT molecular complexity index is 831. The van der Waals surface area contributed by atoms with Crippen LogP contribution in [0.1, 0.15) is 5.56 Å². The molecule has 8 nitrogen and oxygen atoms in total. The predicted molar refractivity (Wildman–Crippen MR) is 93.6 cm³/mol. The van der Waals surface area contributed by atoms with Crippen LogP contribution in [0.25, 0.3) is 0 Å². The number of hydrogen-bond acceptors (Lipinski definition) is 6. The normalized spacial score (nSPS) is 16.1. The van der Waals surface area contributed by atoms with E-state index >= 15 is 0 Å². The number of rotatable bonds is 5. The number of benzene rings is 1. The molecule has 0 unspecified atom stereocenters. The Kier molecular flexibility index (Phi) is 5.40. The zero-order chi connectivity index (χ0) is 17.9. The Morgan fingerprint density at radius 1 is 1.24 bits per heavy atom. The number of thioether (sulfide) groups is 1. The van der Waals surface area contributed by atoms with E-state index in [1.54, 1.807) is 16.7 Å². The summed E-state index contributed by atoms with van der Waals surface area (Å²) in [6.45, 7) is 1.24. The van der Waals surface area contributed by atoms with Gasteiger partial charge in [-0.05, 0) is 17.9 Å². The van der Waals surface area contributed by atoms with Crippen LogP contribution in [-0.4, -0.2) is 71.1 Å². The standard InChI is InChI=1S/C15H19N5O3S2/c1-24-13-5-3-2-4-12(13)10-14(21)19-6-8-20(9-7-19)25(22,23)15-16-11-17-18-15/h2-5,11H,6-10H2,1H3,(H,16,17,18). The second-order valence-electron chi connectivity index (χ2n) is 5.56. The third-order valence-electron chi connectivity index (χ3n) is 4.10. The molecule has 1 aromatic carbocycles. The summed E-state index contributed by atoms with van der Waals surface area (Å²) >= 11 is 1.61. The van der Waals surface area contributed by atoms with Gasteiger partial charge < -0.3 is 4.90 Å². The molecule has 0 spiro atoms. The molecule has 1 amide bonds. The predicted octanol–water partition coefficient (Wildman–Crippen LogP) is 0.602. The number of hydrogen-bond donors (Lipinski definition) is 1. The largest absolute Gasteiger partial charge is 0.340 e. The number of H-pyrrole nitrogens is 1. The zero-order valence-corrected chi connectivity index (χ0v) is 15.4. The van der Waals surface area contributed by atoms with E-state index in [4.69, 9.17) is 0 Å². The molecule has 3 rings (SSSR count). The van der Waals surface area contributed by atoms with Crippen LogP contribution in [0.15, 0.2) is 40.6 Å². The van der Waals surface area contributed by atoms with Gasteiger partial charge in [-0.15, -0.1) is 11.8 Å². The second kappa shape index (κ2) is 7.54. The van der Waals surface area contributed by atoms with Crippen molar-refractivity contribution in [2.45, 2.75) is 16.5 Å². The summed E-state index contributed by atoms with van der Waals surface area (Å²) < 4.78 is 26.1. The van der Waals surface area contributed by atoms with Gasteiger partial charge in [-0.25, -0.2) is 18.5 Å². The Labute approximate surface area is 150 Å². The Hall–Kier alpha value is -1.91. The summed E-state index contributed by atoms with van der Waals surface area (Å²) in [4.78, 5) is 19.1. The topological polar surface area (TPSA) is 99.3 Å². The molecule has 2 heterocycles. The third-order valence-corrected chi connectivity index (χ3v) is 6.67. The number of sulfonamides is 1. The quantitative estimate of drug-likeness (QED) is 0.762. The number of aromatic nitrogens is 3. The van der Waals surface area contributed by atoms with E-state index < -0.39 is 10.0 Å². The first kappa shape index (κ1) is 17.9. The molecule has 0 aliphatic carbocycles. The molecular formula is C15H19N5O3S2. The van der Waals surface area contributed by atoms with E-state index in [0.717, 1.165) is 16.8 Å². The van der Waals surface area contributed by atoms with E-state index in [9.17, 15) is 13.2 Å². The first-order chi connectivity index (χ1) is 12.0. The first-order valence-electron chi connectivity index (χ1n) is 7.77. The Morgan fingerprint density at radius 2 is 1.96 bits per heavy atom. The minimum atomic E-state index is -3.67. The Balaban J connectivity index is 1.61. The highest BCUT2D eigenvalue weighted by Crippen LogP contribution is 2.21. The number of nitrogens with zero attached hydrogens (tertiary/aromatic N) is 4. The minimum Gasteiger partial charge on any atom is -0.340 e. The van der Waals surface area contributed by atoms with Crippen LogP contribution in [0.3, 0.4) is 0 Å². The highest BCUT2D eigenvalue weighted by Gasteiger charge is 2.31. The molecule has 0 saturated carbocycles. The lowest BCUT2D eigenvalue weighted by Crippen LogP contribution is -2.51. The van der Waals surface area contributed by atoms with Gasteiger partial charge in [0.1, 0.15) is 6.33 Å². The molecule has 1 aromatic heterocycles. The third kappa shape index (κ3) is 3.86. The highest BCUT2D eigenvalue weighted by molar-refractivity contribution is 7.98. The van der Waals surface area contributed by atoms with Crippen LogP contribution in [0.2, 0.25) is 0 Å². The van der Waals surface area contributed by atoms with E-state index in [-0.39, 0.29) is 24.2 Å². The minimum absolute atomic E-state index is 0.0122. The molecule has 1 saturated heterocycles. The summed E-state index contributed by atoms with van der Waals surface area (Å²) in [6, 6.07) is 7.82. The lowest BCUT2D eigenvalue weighted by molar-refractivity contribution is -0.131. The maximum atomic E-state index is 12.5. The summed E-state index contributed by atoms with van der Waals surface area (Å²) in [7, 11) is -3.67. The SMILES string of the molecule is CSc1ccccc1CC(=O)N1CCN(S(=O)(=O)c2ncn[nH]2)CC1. The molecule has 0 radical (unpaired) electrons. The maximum absolute atomic E-state index is 12.5. The van der Waals surface area contributed by atoms with Gasteiger partial charge >= 0.3 is 0 Å². The molecule has 2 aromatic rings. The second-order valence-corrected chi connectivity index (χ2v) is 8.27. The van der Waals surface area contributed by atoms with Gasteiger partial charge in [0.15, 0.2) is 0 Å². The average molecular weight is 381 g/mol. The number of amides is 1. The fourth-order valence-electron chi connectivity index (χ4n) is 2.74. The smallest absolute Gasteiger partial charge is 0.278 e. The van der Waals surface area contributed by atoms with Crippen molar-refractivity contribution in [3.05, 3.63) is 36.2 Å². The van der Waals surface area contributed by atoms with E-state index in [1.807, 2.05) is 30.5 Å². The summed E-state index contributed by atoms with van der Waals surface area (Å²) in [6.07, 6.45) is 3.47. The van der Waals surface area contributed by atoms with Crippen LogP contribution in [0.4, 0.5) is 0 Å². The van der Waals surface area contributed by atoms with Crippen molar-refractivity contribution in [1.29, 1.82) is 0 Å². The van der Waals surface area contributed by atoms with Gasteiger partial charge in [0.25, 0.3) is 15.2 Å². The monoisotopic (exact) mass is 381 g/mol. The van der Waals surface area contributed by atoms with E-state index in [2.05, 4.69) is 15.2 Å². The molecule has 10 heteroatoms. The highest BCUT2D eigenvalue weighted by atomic mass is 32.2. The molecule has 1 N–H and O–H groups in total. The zero-order valence-electron chi connectivity index (χ0n) is 13.8. The number of aromatic amines is 1. The summed E-state index contributed by atoms with van der Waals surface area (Å²) in [5, 5.41) is 5.80. The van der Waals surface area contributed by atoms with Crippen molar-refractivity contribution in [3.63, 3.8) is 0 Å². The van der Waals surface area contributed by atoms with Gasteiger partial charge in [-0.3, -0.25) is 4.79 Å². The molecule has 1 aliphatic heterocycles. The van der Waals surface area contributed by atoms with Crippen molar-refractivity contribution in [2.24, 2.45) is 0 Å². The van der Waals surface area contributed by atoms with Gasteiger partial charge in [0.2, 0.25) is 5.91 Å². The van der Waals surface area contributed by atoms with Gasteiger partial charge in [-0.2, -0.15) is 9.40 Å². The van der Waals surface area contributed by atoms with Crippen molar-refractivity contribution in [1.82, 2.24) is 24.4 Å². The summed E-state index contributed by atoms with van der Waals surface area (Å²) in [5.41, 5.74) is 0.997. The number of carbonyl (C=O) groups is 1. The van der Waals surface area contributed by atoms with Crippen molar-refractivity contribution in [3.8, 4) is 0 Å². The maximum Gasteiger partial charge on any atom is 0.278 e. The van der Waals surface area contributed by atoms with Crippen LogP contribution in [-0.2, 0) is 21.2 Å². The molecule has 0 atom stereocenters. The molecule has 25 heavy (non-hydrogen) atoms. The lowest BCUT2D eigenvalue weighted by Gasteiger charge is -2.33. The van der Waals surface area contributed by atoms with Gasteiger partial charge in [0, 0.05) is 31.1 Å². The molecule has 0 bridgehead atoms. The number of piperazine rings is 1. The Morgan fingerprint density at radius 3 is 2.60 bits per heavy atom. The lowest BCUT2D eigenvalue weighted by atomic mass is 10.1. The van der Waals surface area contributed by atoms with Crippen LogP contribution >= 0.6 is 11.8 Å². The number of carbonyl (C=O) groups excluding carboxylic acids is 1. The van der Waals surface area contributed by atoms with Crippen molar-refractivity contribution >= 4 is 27.7 Å². The van der Waals surface area contributed by atoms with Gasteiger partial charge in [0.05, 0.1) is 6.42 Å². The first-order valence-corrected chi connectivity index (χ1v) is 10.4. The van der Waals surface area contributed by atoms with E-state index in [1.165, 1.54) is 4.31 Å². The fraction of sp³-hybridized carbons (Fsp3) is 0.400. The molecular weight excluding hydrogens is 362 g/mol. The van der Waals surface area contributed by atoms with Gasteiger partial charge in [-0.1, -0.05) is 18.2 Å². The molecule has 1 fully saturated rings. The van der Waals surface area contributed by atoms with Crippen LogP contribution in [0.5, 0.6) is 0 Å². The fourth-order valence-corrected chi connectivity index (χ4v) is 4.60. The number of nitrogens with one attached hydrogen (secondary N) is 1. The van der Waals surface area contributed by atoms with Crippen LogP contribution < -0.4 is 0 Å². The van der Waals surface area contributed by atoms with Crippen molar-refractivity contribution in [2.75, 3.05) is 32.4 Å². The van der Waals surface area contributed by atoms with Crippen LogP contribution in [0, 0.1) is 0 Å².